The van der Waals surface area contributed by atoms with E-state index in [1.54, 1.807) is 10.9 Å². The molecule has 0 aliphatic heterocycles. The van der Waals surface area contributed by atoms with E-state index in [1.807, 2.05) is 43.1 Å². The molecule has 21 heavy (non-hydrogen) atoms. The zero-order valence-electron chi connectivity index (χ0n) is 11.9. The van der Waals surface area contributed by atoms with Crippen molar-refractivity contribution in [3.63, 3.8) is 0 Å². The minimum atomic E-state index is -0.0201. The van der Waals surface area contributed by atoms with Gasteiger partial charge < -0.3 is 0 Å². The normalized spacial score (nSPS) is 11.2. The summed E-state index contributed by atoms with van der Waals surface area (Å²) in [6.07, 6.45) is 5.36. The van der Waals surface area contributed by atoms with Gasteiger partial charge in [0, 0.05) is 17.2 Å². The Balaban J connectivity index is 1.96. The molecule has 0 amide bonds. The number of fused-ring (bicyclic) bond motifs is 1. The van der Waals surface area contributed by atoms with Gasteiger partial charge in [0.25, 0.3) is 5.56 Å². The highest BCUT2D eigenvalue weighted by molar-refractivity contribution is 9.10. The van der Waals surface area contributed by atoms with Gasteiger partial charge in [0.15, 0.2) is 0 Å². The van der Waals surface area contributed by atoms with Gasteiger partial charge in [0.2, 0.25) is 0 Å². The van der Waals surface area contributed by atoms with Crippen LogP contribution in [0.2, 0.25) is 0 Å². The number of nitrogens with zero attached hydrogens (tertiary/aromatic N) is 4. The van der Waals surface area contributed by atoms with Crippen molar-refractivity contribution in [3.8, 4) is 0 Å². The molecule has 2 heterocycles. The Morgan fingerprint density at radius 2 is 2.00 bits per heavy atom. The molecule has 0 bridgehead atoms. The van der Waals surface area contributed by atoms with Gasteiger partial charge >= 0.3 is 0 Å². The average Bonchev–Trinajstić information content (AvgIpc) is 2.84. The second-order valence-corrected chi connectivity index (χ2v) is 6.02. The lowest BCUT2D eigenvalue weighted by molar-refractivity contribution is 0.521. The number of halogens is 1. The van der Waals surface area contributed by atoms with Crippen LogP contribution in [0.5, 0.6) is 0 Å². The van der Waals surface area contributed by atoms with Crippen molar-refractivity contribution in [3.05, 3.63) is 56.8 Å². The van der Waals surface area contributed by atoms with E-state index in [2.05, 4.69) is 26.0 Å². The van der Waals surface area contributed by atoms with Crippen LogP contribution in [0.15, 0.2) is 40.1 Å². The van der Waals surface area contributed by atoms with Crippen LogP contribution >= 0.6 is 15.9 Å². The topological polar surface area (TPSA) is 52.7 Å². The quantitative estimate of drug-likeness (QED) is 0.732. The predicted molar refractivity (Wildman–Crippen MR) is 85.4 cm³/mol. The van der Waals surface area contributed by atoms with Crippen LogP contribution in [0.25, 0.3) is 10.9 Å². The molecule has 0 N–H and O–H groups in total. The molecular weight excluding hydrogens is 332 g/mol. The second-order valence-electron chi connectivity index (χ2n) is 5.17. The second kappa shape index (κ2) is 5.44. The van der Waals surface area contributed by atoms with Gasteiger partial charge in [0.1, 0.15) is 0 Å². The fourth-order valence-electron chi connectivity index (χ4n) is 2.32. The van der Waals surface area contributed by atoms with E-state index >= 15 is 0 Å². The third-order valence-corrected chi connectivity index (χ3v) is 3.96. The van der Waals surface area contributed by atoms with Crippen molar-refractivity contribution in [1.82, 2.24) is 19.3 Å². The molecule has 0 spiro atoms. The predicted octanol–water partition coefficient (Wildman–Crippen LogP) is 2.67. The first kappa shape index (κ1) is 14.0. The van der Waals surface area contributed by atoms with E-state index in [4.69, 9.17) is 0 Å². The van der Waals surface area contributed by atoms with E-state index < -0.39 is 0 Å². The third kappa shape index (κ3) is 2.76. The summed E-state index contributed by atoms with van der Waals surface area (Å²) in [4.78, 5) is 16.9. The molecule has 6 heteroatoms. The molecular formula is C15H15BrN4O. The summed E-state index contributed by atoms with van der Waals surface area (Å²) in [6.45, 7) is 5.16. The van der Waals surface area contributed by atoms with Crippen LogP contribution in [0.3, 0.4) is 0 Å². The van der Waals surface area contributed by atoms with Crippen LogP contribution in [-0.2, 0) is 13.1 Å². The molecule has 0 aliphatic rings. The molecule has 0 saturated heterocycles. The number of rotatable bonds is 3. The number of aromatic nitrogens is 4. The van der Waals surface area contributed by atoms with Crippen LogP contribution in [0.4, 0.5) is 0 Å². The van der Waals surface area contributed by atoms with Crippen molar-refractivity contribution in [2.75, 3.05) is 0 Å². The highest BCUT2D eigenvalue weighted by atomic mass is 79.9. The lowest BCUT2D eigenvalue weighted by Gasteiger charge is -2.08. The third-order valence-electron chi connectivity index (χ3n) is 3.36. The standard InChI is InChI=1S/C15H15BrN4O/c1-10-5-12-14(13(16)6-10)17-9-19(15(12)21)3-4-20-8-11(2)7-18-20/h5-9H,3-4H2,1-2H3. The molecule has 2 aromatic heterocycles. The molecule has 3 rings (SSSR count). The molecule has 0 aliphatic carbocycles. The van der Waals surface area contributed by atoms with Crippen LogP contribution in [0.1, 0.15) is 11.1 Å². The molecule has 0 saturated carbocycles. The first-order chi connectivity index (χ1) is 10.0. The first-order valence-electron chi connectivity index (χ1n) is 6.69. The SMILES string of the molecule is Cc1cc(Br)c2ncn(CCn3cc(C)cn3)c(=O)c2c1. The van der Waals surface area contributed by atoms with Crippen LogP contribution in [0, 0.1) is 13.8 Å². The molecule has 108 valence electrons. The maximum atomic E-state index is 12.5. The molecule has 3 aromatic rings. The first-order valence-corrected chi connectivity index (χ1v) is 7.48. The zero-order chi connectivity index (χ0) is 15.0. The van der Waals surface area contributed by atoms with Gasteiger partial charge in [-0.3, -0.25) is 14.0 Å². The Morgan fingerprint density at radius 1 is 1.19 bits per heavy atom. The molecule has 5 nitrogen and oxygen atoms in total. The smallest absolute Gasteiger partial charge is 0.261 e. The fraction of sp³-hybridized carbons (Fsp3) is 0.267. The maximum absolute atomic E-state index is 12.5. The van der Waals surface area contributed by atoms with Crippen LogP contribution < -0.4 is 5.56 Å². The number of benzene rings is 1. The summed E-state index contributed by atoms with van der Waals surface area (Å²) < 4.78 is 4.31. The van der Waals surface area contributed by atoms with Gasteiger partial charge in [-0.15, -0.1) is 0 Å². The molecule has 0 fully saturated rings. The lowest BCUT2D eigenvalue weighted by atomic mass is 10.2. The van der Waals surface area contributed by atoms with E-state index in [1.165, 1.54) is 0 Å². The molecule has 1 aromatic carbocycles. The summed E-state index contributed by atoms with van der Waals surface area (Å²) in [7, 11) is 0. The van der Waals surface area contributed by atoms with Gasteiger partial charge in [-0.05, 0) is 53.0 Å². The summed E-state index contributed by atoms with van der Waals surface area (Å²) in [5.41, 5.74) is 2.83. The minimum absolute atomic E-state index is 0.0201. The summed E-state index contributed by atoms with van der Waals surface area (Å²) in [6, 6.07) is 3.84. The van der Waals surface area contributed by atoms with Gasteiger partial charge in [0.05, 0.1) is 30.0 Å². The Labute approximate surface area is 130 Å². The summed E-state index contributed by atoms with van der Waals surface area (Å²) >= 11 is 3.46. The Bertz CT molecular complexity index is 866. The lowest BCUT2D eigenvalue weighted by Crippen LogP contribution is -2.23. The van der Waals surface area contributed by atoms with E-state index in [9.17, 15) is 4.79 Å². The fourth-order valence-corrected chi connectivity index (χ4v) is 3.00. The molecule has 0 atom stereocenters. The minimum Gasteiger partial charge on any atom is -0.297 e. The monoisotopic (exact) mass is 346 g/mol. The van der Waals surface area contributed by atoms with E-state index in [0.717, 1.165) is 15.6 Å². The van der Waals surface area contributed by atoms with Crippen molar-refractivity contribution < 1.29 is 0 Å². The van der Waals surface area contributed by atoms with Gasteiger partial charge in [-0.2, -0.15) is 5.10 Å². The number of aryl methyl sites for hydroxylation is 4. The molecule has 0 radical (unpaired) electrons. The summed E-state index contributed by atoms with van der Waals surface area (Å²) in [5.74, 6) is 0. The Hall–Kier alpha value is -1.95. The highest BCUT2D eigenvalue weighted by Crippen LogP contribution is 2.21. The maximum Gasteiger partial charge on any atom is 0.261 e. The zero-order valence-corrected chi connectivity index (χ0v) is 13.5. The van der Waals surface area contributed by atoms with Gasteiger partial charge in [-0.1, -0.05) is 0 Å². The van der Waals surface area contributed by atoms with Gasteiger partial charge in [-0.25, -0.2) is 4.98 Å². The van der Waals surface area contributed by atoms with E-state index in [-0.39, 0.29) is 5.56 Å². The summed E-state index contributed by atoms with van der Waals surface area (Å²) in [5, 5.41) is 4.86. The largest absolute Gasteiger partial charge is 0.297 e. The molecule has 0 unspecified atom stereocenters. The number of hydrogen-bond acceptors (Lipinski definition) is 3. The Morgan fingerprint density at radius 3 is 2.71 bits per heavy atom. The number of hydrogen-bond donors (Lipinski definition) is 0. The van der Waals surface area contributed by atoms with Crippen LogP contribution in [-0.4, -0.2) is 19.3 Å². The van der Waals surface area contributed by atoms with Crippen molar-refractivity contribution >= 4 is 26.8 Å². The highest BCUT2D eigenvalue weighted by Gasteiger charge is 2.08. The average molecular weight is 347 g/mol. The van der Waals surface area contributed by atoms with Crippen molar-refractivity contribution in [1.29, 1.82) is 0 Å². The Kier molecular flexibility index (Phi) is 3.63. The van der Waals surface area contributed by atoms with Crippen molar-refractivity contribution in [2.45, 2.75) is 26.9 Å². The van der Waals surface area contributed by atoms with E-state index in [0.29, 0.717) is 24.0 Å². The van der Waals surface area contributed by atoms with Crippen molar-refractivity contribution in [2.24, 2.45) is 0 Å².